The summed E-state index contributed by atoms with van der Waals surface area (Å²) in [6.07, 6.45) is 0. The van der Waals surface area contributed by atoms with E-state index in [0.717, 1.165) is 29.5 Å². The highest BCUT2D eigenvalue weighted by Gasteiger charge is 2.13. The predicted octanol–water partition coefficient (Wildman–Crippen LogP) is 2.65. The largest absolute Gasteiger partial charge is 0.477 e. The average molecular weight is 297 g/mol. The maximum Gasteiger partial charge on any atom is 0.345 e. The number of aromatic carboxylic acids is 1. The van der Waals surface area contributed by atoms with Crippen molar-refractivity contribution in [3.8, 4) is 0 Å². The van der Waals surface area contributed by atoms with Gasteiger partial charge in [-0.3, -0.25) is 4.79 Å². The quantitative estimate of drug-likeness (QED) is 0.911. The Morgan fingerprint density at radius 3 is 2.50 bits per heavy atom. The summed E-state index contributed by atoms with van der Waals surface area (Å²) in [5, 5.41) is 11.1. The van der Waals surface area contributed by atoms with Crippen molar-refractivity contribution in [2.75, 3.05) is 0 Å². The molecule has 0 saturated carbocycles. The van der Waals surface area contributed by atoms with Crippen LogP contribution in [0.5, 0.6) is 0 Å². The summed E-state index contributed by atoms with van der Waals surface area (Å²) in [6.45, 7) is -0.178. The predicted molar refractivity (Wildman–Crippen MR) is 68.8 cm³/mol. The minimum Gasteiger partial charge on any atom is -0.477 e. The van der Waals surface area contributed by atoms with Crippen LogP contribution in [0, 0.1) is 11.6 Å². The monoisotopic (exact) mass is 297 g/mol. The van der Waals surface area contributed by atoms with E-state index in [1.165, 1.54) is 12.1 Å². The summed E-state index contributed by atoms with van der Waals surface area (Å²) in [7, 11) is 0. The van der Waals surface area contributed by atoms with Gasteiger partial charge in [0.15, 0.2) is 0 Å². The second-order valence-corrected chi connectivity index (χ2v) is 4.97. The molecule has 0 unspecified atom stereocenters. The first-order chi connectivity index (χ1) is 9.47. The van der Waals surface area contributed by atoms with Gasteiger partial charge in [-0.05, 0) is 30.3 Å². The molecule has 7 heteroatoms. The molecule has 20 heavy (non-hydrogen) atoms. The molecule has 0 aliphatic heterocycles. The van der Waals surface area contributed by atoms with Gasteiger partial charge in [0.1, 0.15) is 16.5 Å². The SMILES string of the molecule is O=C(O)c1ccc(C(=O)NCc2cc(F)ccc2F)s1. The Morgan fingerprint density at radius 1 is 1.15 bits per heavy atom. The molecule has 0 saturated heterocycles. The van der Waals surface area contributed by atoms with Gasteiger partial charge in [-0.25, -0.2) is 13.6 Å². The minimum absolute atomic E-state index is 0.0216. The van der Waals surface area contributed by atoms with Gasteiger partial charge in [0.05, 0.1) is 4.88 Å². The molecule has 2 rings (SSSR count). The van der Waals surface area contributed by atoms with E-state index in [0.29, 0.717) is 0 Å². The van der Waals surface area contributed by atoms with E-state index in [9.17, 15) is 18.4 Å². The van der Waals surface area contributed by atoms with E-state index in [4.69, 9.17) is 5.11 Å². The van der Waals surface area contributed by atoms with Gasteiger partial charge in [0.25, 0.3) is 5.91 Å². The van der Waals surface area contributed by atoms with E-state index in [-0.39, 0.29) is 21.9 Å². The number of rotatable bonds is 4. The van der Waals surface area contributed by atoms with Crippen LogP contribution in [0.4, 0.5) is 8.78 Å². The third-order valence-corrected chi connectivity index (χ3v) is 3.56. The molecule has 0 fully saturated rings. The summed E-state index contributed by atoms with van der Waals surface area (Å²) in [5.74, 6) is -2.87. The number of halogens is 2. The summed E-state index contributed by atoms with van der Waals surface area (Å²) < 4.78 is 26.3. The molecule has 0 aliphatic rings. The zero-order chi connectivity index (χ0) is 14.7. The molecule has 0 atom stereocenters. The number of nitrogens with one attached hydrogen (secondary N) is 1. The van der Waals surface area contributed by atoms with E-state index in [2.05, 4.69) is 5.32 Å². The van der Waals surface area contributed by atoms with Gasteiger partial charge in [-0.2, -0.15) is 0 Å². The lowest BCUT2D eigenvalue weighted by Gasteiger charge is -2.05. The second-order valence-electron chi connectivity index (χ2n) is 3.89. The lowest BCUT2D eigenvalue weighted by Crippen LogP contribution is -2.22. The third kappa shape index (κ3) is 3.18. The van der Waals surface area contributed by atoms with Crippen molar-refractivity contribution < 1.29 is 23.5 Å². The van der Waals surface area contributed by atoms with Crippen LogP contribution in [0.2, 0.25) is 0 Å². The van der Waals surface area contributed by atoms with Crippen LogP contribution in [-0.2, 0) is 6.54 Å². The molecule has 0 aliphatic carbocycles. The highest BCUT2D eigenvalue weighted by Crippen LogP contribution is 2.16. The van der Waals surface area contributed by atoms with Gasteiger partial charge in [-0.15, -0.1) is 11.3 Å². The van der Waals surface area contributed by atoms with Crippen LogP contribution in [0.1, 0.15) is 24.9 Å². The summed E-state index contributed by atoms with van der Waals surface area (Å²) >= 11 is 0.812. The highest BCUT2D eigenvalue weighted by molar-refractivity contribution is 7.15. The van der Waals surface area contributed by atoms with E-state index in [1.54, 1.807) is 0 Å². The van der Waals surface area contributed by atoms with Crippen molar-refractivity contribution in [2.45, 2.75) is 6.54 Å². The Kier molecular flexibility index (Phi) is 4.09. The average Bonchev–Trinajstić information content (AvgIpc) is 2.89. The van der Waals surface area contributed by atoms with Crippen molar-refractivity contribution in [2.24, 2.45) is 0 Å². The standard InChI is InChI=1S/C13H9F2NO3S/c14-8-1-2-9(15)7(5-8)6-16-12(17)10-3-4-11(20-10)13(18)19/h1-5H,6H2,(H,16,17)(H,18,19). The van der Waals surface area contributed by atoms with Crippen LogP contribution < -0.4 is 5.32 Å². The first-order valence-corrected chi connectivity index (χ1v) is 6.34. The fourth-order valence-electron chi connectivity index (χ4n) is 1.52. The van der Waals surface area contributed by atoms with E-state index < -0.39 is 23.5 Å². The number of carbonyl (C=O) groups is 2. The van der Waals surface area contributed by atoms with Gasteiger partial charge < -0.3 is 10.4 Å². The van der Waals surface area contributed by atoms with Crippen molar-refractivity contribution in [3.63, 3.8) is 0 Å². The maximum atomic E-state index is 13.3. The normalized spacial score (nSPS) is 10.3. The number of hydrogen-bond donors (Lipinski definition) is 2. The number of carboxylic acid groups (broad SMARTS) is 1. The van der Waals surface area contributed by atoms with Crippen LogP contribution in [0.15, 0.2) is 30.3 Å². The van der Waals surface area contributed by atoms with Gasteiger partial charge in [-0.1, -0.05) is 0 Å². The molecule has 1 aromatic heterocycles. The molecule has 0 spiro atoms. The molecule has 1 heterocycles. The second kappa shape index (κ2) is 5.79. The number of carboxylic acids is 1. The van der Waals surface area contributed by atoms with Crippen LogP contribution in [0.25, 0.3) is 0 Å². The fourth-order valence-corrected chi connectivity index (χ4v) is 2.28. The Morgan fingerprint density at radius 2 is 1.85 bits per heavy atom. The Balaban J connectivity index is 2.04. The van der Waals surface area contributed by atoms with Crippen LogP contribution in [0.3, 0.4) is 0 Å². The van der Waals surface area contributed by atoms with Crippen molar-refractivity contribution in [1.29, 1.82) is 0 Å². The molecule has 2 aromatic rings. The van der Waals surface area contributed by atoms with Gasteiger partial charge >= 0.3 is 5.97 Å². The molecular formula is C13H9F2NO3S. The smallest absolute Gasteiger partial charge is 0.345 e. The fraction of sp³-hybridized carbons (Fsp3) is 0.0769. The lowest BCUT2D eigenvalue weighted by molar-refractivity contribution is 0.0702. The van der Waals surface area contributed by atoms with E-state index in [1.807, 2.05) is 0 Å². The molecule has 1 amide bonds. The number of carbonyl (C=O) groups excluding carboxylic acids is 1. The van der Waals surface area contributed by atoms with Crippen LogP contribution in [-0.4, -0.2) is 17.0 Å². The van der Waals surface area contributed by atoms with E-state index >= 15 is 0 Å². The summed E-state index contributed by atoms with van der Waals surface area (Å²) in [6, 6.07) is 5.63. The zero-order valence-corrected chi connectivity index (χ0v) is 10.8. The Bertz CT molecular complexity index is 669. The highest BCUT2D eigenvalue weighted by atomic mass is 32.1. The first kappa shape index (κ1) is 14.1. The zero-order valence-electron chi connectivity index (χ0n) is 10.0. The number of thiophene rings is 1. The van der Waals surface area contributed by atoms with Crippen molar-refractivity contribution >= 4 is 23.2 Å². The molecule has 2 N–H and O–H groups in total. The first-order valence-electron chi connectivity index (χ1n) is 5.52. The number of amides is 1. The molecule has 1 aromatic carbocycles. The summed E-state index contributed by atoms with van der Waals surface area (Å²) in [4.78, 5) is 22.7. The molecule has 104 valence electrons. The van der Waals surface area contributed by atoms with Gasteiger partial charge in [0.2, 0.25) is 0 Å². The molecular weight excluding hydrogens is 288 g/mol. The lowest BCUT2D eigenvalue weighted by atomic mass is 10.2. The van der Waals surface area contributed by atoms with Gasteiger partial charge in [0, 0.05) is 12.1 Å². The van der Waals surface area contributed by atoms with Crippen molar-refractivity contribution in [1.82, 2.24) is 5.32 Å². The topological polar surface area (TPSA) is 66.4 Å². The van der Waals surface area contributed by atoms with Crippen molar-refractivity contribution in [3.05, 3.63) is 57.3 Å². The molecule has 0 bridgehead atoms. The maximum absolute atomic E-state index is 13.3. The minimum atomic E-state index is -1.12. The Labute approximate surface area is 116 Å². The Hall–Kier alpha value is -2.28. The number of benzene rings is 1. The molecule has 4 nitrogen and oxygen atoms in total. The molecule has 0 radical (unpaired) electrons. The number of hydrogen-bond acceptors (Lipinski definition) is 3. The third-order valence-electron chi connectivity index (χ3n) is 2.49. The van der Waals surface area contributed by atoms with Crippen LogP contribution >= 0.6 is 11.3 Å². The summed E-state index contributed by atoms with van der Waals surface area (Å²) in [5.41, 5.74) is 0.0216.